The van der Waals surface area contributed by atoms with Gasteiger partial charge in [-0.1, -0.05) is 12.6 Å². The third-order valence-corrected chi connectivity index (χ3v) is 5.94. The summed E-state index contributed by atoms with van der Waals surface area (Å²) in [5.74, 6) is 1.83. The van der Waals surface area contributed by atoms with Crippen molar-refractivity contribution in [1.29, 1.82) is 0 Å². The third kappa shape index (κ3) is 11.9. The maximum atomic E-state index is 9.18. The Labute approximate surface area is 260 Å². The lowest BCUT2D eigenvalue weighted by molar-refractivity contribution is -0.685. The van der Waals surface area contributed by atoms with E-state index in [0.29, 0.717) is 47.1 Å². The van der Waals surface area contributed by atoms with Gasteiger partial charge in [-0.2, -0.15) is 5.11 Å². The molecule has 0 unspecified atom stereocenters. The summed E-state index contributed by atoms with van der Waals surface area (Å²) in [5.41, 5.74) is 2.67. The highest BCUT2D eigenvalue weighted by molar-refractivity contribution is 5.54. The SMILES string of the molecule is C=C(/C=C(\C=C/[NH2+]Cc1ccn(C)/c(=N/N=C/N=Nc2cccc[n+]2CCO)c1)OC)N=N/C=N/N=c1\cc(OC)ccn1C. The molecule has 0 aliphatic carbocycles. The van der Waals surface area contributed by atoms with E-state index in [-0.39, 0.29) is 6.61 Å². The second-order valence-electron chi connectivity index (χ2n) is 9.15. The van der Waals surface area contributed by atoms with E-state index in [9.17, 15) is 5.11 Å². The minimum atomic E-state index is 0.00770. The summed E-state index contributed by atoms with van der Waals surface area (Å²) in [6, 6.07) is 13.0. The van der Waals surface area contributed by atoms with E-state index in [4.69, 9.17) is 9.47 Å². The molecule has 3 heterocycles. The Bertz CT molecular complexity index is 1750. The van der Waals surface area contributed by atoms with Gasteiger partial charge in [0.25, 0.3) is 0 Å². The summed E-state index contributed by atoms with van der Waals surface area (Å²) in [6.07, 6.45) is 13.4. The van der Waals surface area contributed by atoms with E-state index in [0.717, 1.165) is 5.56 Å². The lowest BCUT2D eigenvalue weighted by atomic mass is 10.2. The van der Waals surface area contributed by atoms with Crippen molar-refractivity contribution < 1.29 is 24.5 Å². The fraction of sp³-hybridized carbons (Fsp3) is 0.233. The topological polar surface area (TPSA) is 168 Å². The number of pyridine rings is 3. The molecule has 0 bridgehead atoms. The third-order valence-electron chi connectivity index (χ3n) is 5.94. The van der Waals surface area contributed by atoms with Crippen LogP contribution in [0, 0.1) is 0 Å². The van der Waals surface area contributed by atoms with Gasteiger partial charge in [0.05, 0.1) is 44.0 Å². The van der Waals surface area contributed by atoms with E-state index >= 15 is 0 Å². The molecule has 0 aliphatic rings. The molecule has 15 heteroatoms. The summed E-state index contributed by atoms with van der Waals surface area (Å²) in [7, 11) is 6.88. The van der Waals surface area contributed by atoms with Gasteiger partial charge < -0.3 is 29.0 Å². The van der Waals surface area contributed by atoms with Crippen LogP contribution in [0.2, 0.25) is 0 Å². The summed E-state index contributed by atoms with van der Waals surface area (Å²) >= 11 is 0. The number of aryl methyl sites for hydroxylation is 2. The Morgan fingerprint density at radius 1 is 1.00 bits per heavy atom. The molecule has 0 saturated heterocycles. The van der Waals surface area contributed by atoms with Crippen LogP contribution in [0.5, 0.6) is 5.75 Å². The van der Waals surface area contributed by atoms with Crippen LogP contribution in [0.1, 0.15) is 5.56 Å². The Balaban J connectivity index is 1.54. The maximum absolute atomic E-state index is 9.18. The fourth-order valence-corrected chi connectivity index (χ4v) is 3.58. The summed E-state index contributed by atoms with van der Waals surface area (Å²) in [4.78, 5) is 0. The molecule has 3 N–H and O–H groups in total. The Morgan fingerprint density at radius 3 is 2.47 bits per heavy atom. The van der Waals surface area contributed by atoms with Crippen molar-refractivity contribution in [1.82, 2.24) is 9.13 Å². The molecule has 0 spiro atoms. The average Bonchev–Trinajstić information content (AvgIpc) is 3.05. The van der Waals surface area contributed by atoms with Crippen molar-refractivity contribution in [3.8, 4) is 5.75 Å². The number of aliphatic hydroxyl groups excluding tert-OH is 1. The number of aromatic nitrogens is 3. The van der Waals surface area contributed by atoms with Crippen LogP contribution in [0.3, 0.4) is 0 Å². The van der Waals surface area contributed by atoms with E-state index < -0.39 is 0 Å². The minimum absolute atomic E-state index is 0.00770. The van der Waals surface area contributed by atoms with Crippen LogP contribution in [-0.2, 0) is 31.9 Å². The zero-order valence-corrected chi connectivity index (χ0v) is 25.7. The molecule has 45 heavy (non-hydrogen) atoms. The number of ether oxygens (including phenoxy) is 2. The molecular formula is C30H38N12O3+2. The van der Waals surface area contributed by atoms with Crippen molar-refractivity contribution in [2.45, 2.75) is 13.1 Å². The number of hydrogen-bond donors (Lipinski definition) is 2. The smallest absolute Gasteiger partial charge is 0.350 e. The van der Waals surface area contributed by atoms with Crippen LogP contribution in [0.4, 0.5) is 5.82 Å². The molecule has 0 radical (unpaired) electrons. The van der Waals surface area contributed by atoms with Gasteiger partial charge in [-0.05, 0) is 29.4 Å². The fourth-order valence-electron chi connectivity index (χ4n) is 3.58. The van der Waals surface area contributed by atoms with Gasteiger partial charge in [-0.25, -0.2) is 4.57 Å². The van der Waals surface area contributed by atoms with Gasteiger partial charge in [0.1, 0.15) is 24.6 Å². The van der Waals surface area contributed by atoms with E-state index in [1.54, 1.807) is 47.6 Å². The molecule has 234 valence electrons. The first-order valence-corrected chi connectivity index (χ1v) is 13.8. The van der Waals surface area contributed by atoms with Gasteiger partial charge in [-0.3, -0.25) is 0 Å². The average molecular weight is 615 g/mol. The van der Waals surface area contributed by atoms with E-state index in [2.05, 4.69) is 47.4 Å². The molecule has 0 amide bonds. The number of nitrogens with zero attached hydrogens (tertiary/aromatic N) is 11. The number of nitrogens with two attached hydrogens (primary N) is 1. The maximum Gasteiger partial charge on any atom is 0.350 e. The lowest BCUT2D eigenvalue weighted by Gasteiger charge is -2.02. The monoisotopic (exact) mass is 614 g/mol. The molecule has 0 fully saturated rings. The molecule has 3 aromatic heterocycles. The number of quaternary nitrogens is 1. The first kappa shape index (κ1) is 33.8. The number of hydrogen-bond acceptors (Lipinski definition) is 9. The standard InChI is InChI=1S/C30H37N12O3/c1-24(36-32-22-34-39-30-20-27(45-5)11-15-41(30)3)18-26(44-4)9-12-31-21-25-10-14-40(2)29(19-25)38-35-23-33-37-28-8-6-7-13-42(28)16-17-43/h6-15,18-20,22-23,31,43H,1,16-17,21H2,2-5H3/q+1/p+1/b12-9-,26-18+,34-22+,36-32?,39-30+. The number of allylic oxidation sites excluding steroid dienone is 2. The van der Waals surface area contributed by atoms with Crippen LogP contribution in [0.25, 0.3) is 0 Å². The van der Waals surface area contributed by atoms with Crippen LogP contribution in [-0.4, -0.2) is 47.7 Å². The summed E-state index contributed by atoms with van der Waals surface area (Å²) in [6.45, 7) is 4.96. The number of rotatable bonds is 15. The van der Waals surface area contributed by atoms with Gasteiger partial charge in [0.15, 0.2) is 23.7 Å². The number of azo groups is 2. The van der Waals surface area contributed by atoms with E-state index in [1.165, 1.54) is 12.7 Å². The molecule has 0 saturated carbocycles. The van der Waals surface area contributed by atoms with Crippen molar-refractivity contribution in [3.05, 3.63) is 114 Å². The molecule has 0 aliphatic heterocycles. The minimum Gasteiger partial charge on any atom is -0.497 e. The summed E-state index contributed by atoms with van der Waals surface area (Å²) < 4.78 is 16.0. The quantitative estimate of drug-likeness (QED) is 0.0508. The predicted octanol–water partition coefficient (Wildman–Crippen LogP) is 1.90. The first-order chi connectivity index (χ1) is 21.9. The van der Waals surface area contributed by atoms with Gasteiger partial charge in [0, 0.05) is 56.3 Å². The molecule has 0 atom stereocenters. The Kier molecular flexibility index (Phi) is 14.1. The predicted molar refractivity (Wildman–Crippen MR) is 168 cm³/mol. The molecule has 15 nitrogen and oxygen atoms in total. The largest absolute Gasteiger partial charge is 0.497 e. The highest BCUT2D eigenvalue weighted by atomic mass is 16.5. The molecule has 0 aromatic carbocycles. The Hall–Kier alpha value is -5.67. The zero-order chi connectivity index (χ0) is 32.3. The zero-order valence-electron chi connectivity index (χ0n) is 25.7. The van der Waals surface area contributed by atoms with Gasteiger partial charge >= 0.3 is 5.82 Å². The molecule has 3 rings (SSSR count). The van der Waals surface area contributed by atoms with Crippen LogP contribution >= 0.6 is 0 Å². The highest BCUT2D eigenvalue weighted by Gasteiger charge is 2.06. The van der Waals surface area contributed by atoms with Crippen molar-refractivity contribution in [2.75, 3.05) is 20.8 Å². The first-order valence-electron chi connectivity index (χ1n) is 13.8. The van der Waals surface area contributed by atoms with Gasteiger partial charge in [-0.15, -0.1) is 25.5 Å². The Morgan fingerprint density at radius 2 is 1.73 bits per heavy atom. The molecular weight excluding hydrogens is 576 g/mol. The lowest BCUT2D eigenvalue weighted by Crippen LogP contribution is -2.76. The highest BCUT2D eigenvalue weighted by Crippen LogP contribution is 2.05. The number of aliphatic hydroxyl groups is 1. The van der Waals surface area contributed by atoms with Crippen LogP contribution < -0.4 is 25.6 Å². The van der Waals surface area contributed by atoms with Crippen molar-refractivity contribution in [2.24, 2.45) is 55.0 Å². The normalized spacial score (nSPS) is 13.4. The number of methoxy groups -OCH3 is 2. The second-order valence-corrected chi connectivity index (χ2v) is 9.15. The molecule has 3 aromatic rings. The van der Waals surface area contributed by atoms with Gasteiger partial charge in [0.2, 0.25) is 0 Å². The van der Waals surface area contributed by atoms with E-state index in [1.807, 2.05) is 79.1 Å². The van der Waals surface area contributed by atoms with Crippen molar-refractivity contribution in [3.63, 3.8) is 0 Å². The van der Waals surface area contributed by atoms with Crippen molar-refractivity contribution >= 4 is 18.5 Å². The second kappa shape index (κ2) is 18.8. The van der Waals surface area contributed by atoms with Crippen LogP contribution in [0.15, 0.2) is 138 Å². The summed E-state index contributed by atoms with van der Waals surface area (Å²) in [5, 5.41) is 43.4.